The van der Waals surface area contributed by atoms with Crippen LogP contribution in [0, 0.1) is 0 Å². The number of fused-ring (bicyclic) bond motifs is 2. The standard InChI is InChI=1S/C10H21N3O2S.ClH/c1-8(2)12-16(14,15)13-6-5-9-3-4-10(7-13)11-9;/h8-12H,3-7H2,1-2H3;1H. The van der Waals surface area contributed by atoms with Crippen LogP contribution in [0.15, 0.2) is 0 Å². The van der Waals surface area contributed by atoms with E-state index >= 15 is 0 Å². The van der Waals surface area contributed by atoms with Crippen LogP contribution in [0.1, 0.15) is 33.1 Å². The van der Waals surface area contributed by atoms with Crippen molar-refractivity contribution < 1.29 is 8.42 Å². The molecule has 0 saturated carbocycles. The molecule has 2 saturated heterocycles. The maximum atomic E-state index is 12.0. The van der Waals surface area contributed by atoms with Crippen LogP contribution in [0.5, 0.6) is 0 Å². The SMILES string of the molecule is CC(C)NS(=O)(=O)N1CCC2CCC(C1)N2.Cl. The van der Waals surface area contributed by atoms with E-state index in [1.165, 1.54) is 6.42 Å². The molecule has 2 N–H and O–H groups in total. The molecule has 0 aromatic rings. The van der Waals surface area contributed by atoms with Gasteiger partial charge in [-0.05, 0) is 33.1 Å². The van der Waals surface area contributed by atoms with Crippen LogP contribution >= 0.6 is 12.4 Å². The van der Waals surface area contributed by atoms with E-state index in [9.17, 15) is 8.42 Å². The second kappa shape index (κ2) is 5.84. The molecule has 2 unspecified atom stereocenters. The third kappa shape index (κ3) is 3.79. The van der Waals surface area contributed by atoms with Gasteiger partial charge in [-0.25, -0.2) is 0 Å². The molecule has 0 spiro atoms. The largest absolute Gasteiger partial charge is 0.310 e. The van der Waals surface area contributed by atoms with Crippen molar-refractivity contribution in [3.8, 4) is 0 Å². The van der Waals surface area contributed by atoms with E-state index in [-0.39, 0.29) is 18.4 Å². The highest BCUT2D eigenvalue weighted by Gasteiger charge is 2.34. The van der Waals surface area contributed by atoms with Gasteiger partial charge in [0.1, 0.15) is 0 Å². The summed E-state index contributed by atoms with van der Waals surface area (Å²) in [5.41, 5.74) is 0. The molecular weight excluding hydrogens is 262 g/mol. The molecule has 5 nitrogen and oxygen atoms in total. The number of hydrogen-bond acceptors (Lipinski definition) is 3. The molecule has 2 aliphatic rings. The average molecular weight is 284 g/mol. The predicted molar refractivity (Wildman–Crippen MR) is 70.6 cm³/mol. The summed E-state index contributed by atoms with van der Waals surface area (Å²) in [6.45, 7) is 4.94. The zero-order valence-corrected chi connectivity index (χ0v) is 12.0. The van der Waals surface area contributed by atoms with Gasteiger partial charge in [-0.15, -0.1) is 12.4 Å². The summed E-state index contributed by atoms with van der Waals surface area (Å²) in [7, 11) is -3.29. The van der Waals surface area contributed by atoms with Crippen molar-refractivity contribution in [3.05, 3.63) is 0 Å². The van der Waals surface area contributed by atoms with Crippen LogP contribution in [-0.4, -0.2) is 43.9 Å². The number of nitrogens with one attached hydrogen (secondary N) is 2. The maximum Gasteiger partial charge on any atom is 0.279 e. The van der Waals surface area contributed by atoms with Crippen molar-refractivity contribution in [3.63, 3.8) is 0 Å². The minimum atomic E-state index is -3.29. The van der Waals surface area contributed by atoms with Gasteiger partial charge in [0.15, 0.2) is 0 Å². The van der Waals surface area contributed by atoms with Crippen LogP contribution in [0.2, 0.25) is 0 Å². The Morgan fingerprint density at radius 2 is 1.88 bits per heavy atom. The van der Waals surface area contributed by atoms with Crippen LogP contribution in [0.3, 0.4) is 0 Å². The van der Waals surface area contributed by atoms with Crippen molar-refractivity contribution >= 4 is 22.6 Å². The van der Waals surface area contributed by atoms with E-state index < -0.39 is 10.2 Å². The zero-order chi connectivity index (χ0) is 11.8. The lowest BCUT2D eigenvalue weighted by Crippen LogP contribution is -2.47. The first-order valence-corrected chi connectivity index (χ1v) is 7.45. The van der Waals surface area contributed by atoms with Crippen LogP contribution in [0.4, 0.5) is 0 Å². The molecule has 7 heteroatoms. The van der Waals surface area contributed by atoms with E-state index in [1.807, 2.05) is 13.8 Å². The van der Waals surface area contributed by atoms with Crippen molar-refractivity contribution in [1.29, 1.82) is 0 Å². The molecule has 0 aromatic carbocycles. The minimum absolute atomic E-state index is 0. The van der Waals surface area contributed by atoms with Gasteiger partial charge >= 0.3 is 0 Å². The fraction of sp³-hybridized carbons (Fsp3) is 1.00. The topological polar surface area (TPSA) is 61.4 Å². The second-order valence-corrected chi connectivity index (χ2v) is 6.76. The van der Waals surface area contributed by atoms with Crippen LogP contribution in [0.25, 0.3) is 0 Å². The first-order valence-electron chi connectivity index (χ1n) is 6.01. The zero-order valence-electron chi connectivity index (χ0n) is 10.3. The number of rotatable bonds is 3. The molecular formula is C10H22ClN3O2S. The van der Waals surface area contributed by atoms with E-state index in [0.29, 0.717) is 25.2 Å². The third-order valence-electron chi connectivity index (χ3n) is 3.21. The second-order valence-electron chi connectivity index (χ2n) is 5.06. The molecule has 2 aliphatic heterocycles. The summed E-state index contributed by atoms with van der Waals surface area (Å²) in [4.78, 5) is 0. The lowest BCUT2D eigenvalue weighted by atomic mass is 10.1. The number of hydrogen-bond donors (Lipinski definition) is 2. The third-order valence-corrected chi connectivity index (χ3v) is 4.99. The van der Waals surface area contributed by atoms with E-state index in [2.05, 4.69) is 10.0 Å². The fourth-order valence-corrected chi connectivity index (χ4v) is 3.97. The Labute approximate surface area is 110 Å². The minimum Gasteiger partial charge on any atom is -0.310 e. The Bertz CT molecular complexity index is 347. The maximum absolute atomic E-state index is 12.0. The van der Waals surface area contributed by atoms with Crippen molar-refractivity contribution in [2.24, 2.45) is 0 Å². The Kier molecular flexibility index (Phi) is 5.21. The van der Waals surface area contributed by atoms with Crippen molar-refractivity contribution in [1.82, 2.24) is 14.3 Å². The summed E-state index contributed by atoms with van der Waals surface area (Å²) in [6, 6.07) is 0.818. The van der Waals surface area contributed by atoms with Gasteiger partial charge in [0.25, 0.3) is 10.2 Å². The summed E-state index contributed by atoms with van der Waals surface area (Å²) in [5.74, 6) is 0. The molecule has 102 valence electrons. The molecule has 0 aromatic heterocycles. The molecule has 0 radical (unpaired) electrons. The van der Waals surface area contributed by atoms with Crippen molar-refractivity contribution in [2.45, 2.75) is 51.2 Å². The van der Waals surface area contributed by atoms with Crippen LogP contribution < -0.4 is 10.0 Å². The molecule has 2 atom stereocenters. The van der Waals surface area contributed by atoms with Gasteiger partial charge in [-0.1, -0.05) is 0 Å². The quantitative estimate of drug-likeness (QED) is 0.792. The highest BCUT2D eigenvalue weighted by molar-refractivity contribution is 7.87. The molecule has 2 heterocycles. The van der Waals surface area contributed by atoms with Gasteiger partial charge in [0.2, 0.25) is 0 Å². The van der Waals surface area contributed by atoms with E-state index in [4.69, 9.17) is 0 Å². The smallest absolute Gasteiger partial charge is 0.279 e. The monoisotopic (exact) mass is 283 g/mol. The van der Waals surface area contributed by atoms with Gasteiger partial charge < -0.3 is 5.32 Å². The summed E-state index contributed by atoms with van der Waals surface area (Å²) >= 11 is 0. The van der Waals surface area contributed by atoms with Gasteiger partial charge in [-0.3, -0.25) is 0 Å². The molecule has 0 amide bonds. The first-order chi connectivity index (χ1) is 7.47. The lowest BCUT2D eigenvalue weighted by Gasteiger charge is -2.24. The average Bonchev–Trinajstić information content (AvgIpc) is 2.42. The molecule has 0 aliphatic carbocycles. The highest BCUT2D eigenvalue weighted by Crippen LogP contribution is 2.21. The molecule has 17 heavy (non-hydrogen) atoms. The highest BCUT2D eigenvalue weighted by atomic mass is 35.5. The van der Waals surface area contributed by atoms with E-state index in [1.54, 1.807) is 4.31 Å². The van der Waals surface area contributed by atoms with E-state index in [0.717, 1.165) is 12.8 Å². The normalized spacial score (nSPS) is 30.1. The molecule has 2 bridgehead atoms. The van der Waals surface area contributed by atoms with Crippen LogP contribution in [-0.2, 0) is 10.2 Å². The predicted octanol–water partition coefficient (Wildman–Crippen LogP) is 0.477. The Hall–Kier alpha value is 0.120. The van der Waals surface area contributed by atoms with Gasteiger partial charge in [0.05, 0.1) is 0 Å². The summed E-state index contributed by atoms with van der Waals surface area (Å²) in [5, 5.41) is 3.47. The lowest BCUT2D eigenvalue weighted by molar-refractivity contribution is 0.374. The Morgan fingerprint density at radius 3 is 2.53 bits per heavy atom. The summed E-state index contributed by atoms with van der Waals surface area (Å²) in [6.07, 6.45) is 3.21. The molecule has 2 fully saturated rings. The van der Waals surface area contributed by atoms with Crippen molar-refractivity contribution in [2.75, 3.05) is 13.1 Å². The van der Waals surface area contributed by atoms with Gasteiger partial charge in [0, 0.05) is 31.2 Å². The number of halogens is 1. The first kappa shape index (κ1) is 15.2. The number of nitrogens with zero attached hydrogens (tertiary/aromatic N) is 1. The summed E-state index contributed by atoms with van der Waals surface area (Å²) < 4.78 is 28.3. The van der Waals surface area contributed by atoms with Gasteiger partial charge in [-0.2, -0.15) is 17.4 Å². The Morgan fingerprint density at radius 1 is 1.24 bits per heavy atom. The Balaban J connectivity index is 0.00000144. The molecule has 2 rings (SSSR count). The fourth-order valence-electron chi connectivity index (χ4n) is 2.50.